The Morgan fingerprint density at radius 2 is 1.89 bits per heavy atom. The number of carbonyl (C=O) groups is 1. The first kappa shape index (κ1) is 14.5. The lowest BCUT2D eigenvalue weighted by molar-refractivity contribution is 0.0564. The highest BCUT2D eigenvalue weighted by Gasteiger charge is 2.42. The van der Waals surface area contributed by atoms with Crippen molar-refractivity contribution in [1.29, 1.82) is 0 Å². The van der Waals surface area contributed by atoms with Crippen LogP contribution >= 0.6 is 11.6 Å². The molecule has 0 radical (unpaired) electrons. The van der Waals surface area contributed by atoms with E-state index in [1.54, 1.807) is 0 Å². The van der Waals surface area contributed by atoms with E-state index < -0.39 is 11.4 Å². The fourth-order valence-corrected chi connectivity index (χ4v) is 3.14. The topological polar surface area (TPSA) is 20.3 Å². The second-order valence-corrected chi connectivity index (χ2v) is 5.85. The van der Waals surface area contributed by atoms with E-state index in [-0.39, 0.29) is 5.78 Å². The van der Waals surface area contributed by atoms with Gasteiger partial charge in [0.25, 0.3) is 0 Å². The number of Topliss-reactive ketones (excluding diaryl/α,β-unsaturated/α-hetero) is 1. The molecule has 0 heterocycles. The molecular formula is C15H19ClFNO. The summed E-state index contributed by atoms with van der Waals surface area (Å²) in [6.45, 7) is 0. The van der Waals surface area contributed by atoms with Crippen LogP contribution in [0.3, 0.4) is 0 Å². The van der Waals surface area contributed by atoms with Gasteiger partial charge in [-0.2, -0.15) is 0 Å². The number of carbonyl (C=O) groups excluding carboxylic acids is 1. The van der Waals surface area contributed by atoms with Gasteiger partial charge in [-0.25, -0.2) is 4.39 Å². The monoisotopic (exact) mass is 283 g/mol. The van der Waals surface area contributed by atoms with Gasteiger partial charge in [-0.1, -0.05) is 30.9 Å². The van der Waals surface area contributed by atoms with Gasteiger partial charge in [0.2, 0.25) is 0 Å². The molecule has 1 fully saturated rings. The molecule has 0 amide bonds. The van der Waals surface area contributed by atoms with E-state index in [4.69, 9.17) is 11.6 Å². The van der Waals surface area contributed by atoms with Gasteiger partial charge < -0.3 is 0 Å². The average molecular weight is 284 g/mol. The lowest BCUT2D eigenvalue weighted by atomic mass is 9.75. The molecule has 2 nitrogen and oxygen atoms in total. The number of ketones is 1. The molecule has 1 aliphatic carbocycles. The SMILES string of the molecule is CN(C)C1(C(=O)c2cc(F)ccc2Cl)CCCCC1. The molecule has 0 aliphatic heterocycles. The van der Waals surface area contributed by atoms with Crippen molar-refractivity contribution < 1.29 is 9.18 Å². The summed E-state index contributed by atoms with van der Waals surface area (Å²) in [6, 6.07) is 3.99. The Bertz CT molecular complexity index is 481. The molecule has 1 aromatic rings. The van der Waals surface area contributed by atoms with Gasteiger partial charge in [-0.05, 0) is 45.1 Å². The maximum atomic E-state index is 13.4. The Morgan fingerprint density at radius 1 is 1.26 bits per heavy atom. The average Bonchev–Trinajstić information content (AvgIpc) is 2.41. The summed E-state index contributed by atoms with van der Waals surface area (Å²) < 4.78 is 13.4. The Kier molecular flexibility index (Phi) is 4.26. The lowest BCUT2D eigenvalue weighted by Crippen LogP contribution is -2.52. The highest BCUT2D eigenvalue weighted by molar-refractivity contribution is 6.34. The number of halogens is 2. The molecule has 0 N–H and O–H groups in total. The molecule has 4 heteroatoms. The molecule has 104 valence electrons. The summed E-state index contributed by atoms with van der Waals surface area (Å²) in [5.41, 5.74) is -0.229. The molecule has 0 unspecified atom stereocenters. The zero-order valence-corrected chi connectivity index (χ0v) is 12.1. The van der Waals surface area contributed by atoms with Crippen LogP contribution in [0.15, 0.2) is 18.2 Å². The number of rotatable bonds is 3. The normalized spacial score (nSPS) is 18.6. The highest BCUT2D eigenvalue weighted by Crippen LogP contribution is 2.36. The molecule has 0 spiro atoms. The smallest absolute Gasteiger partial charge is 0.184 e. The van der Waals surface area contributed by atoms with Crippen LogP contribution in [0.25, 0.3) is 0 Å². The van der Waals surface area contributed by atoms with Gasteiger partial charge in [0.1, 0.15) is 5.82 Å². The van der Waals surface area contributed by atoms with E-state index in [1.165, 1.54) is 18.2 Å². The quantitative estimate of drug-likeness (QED) is 0.784. The molecule has 1 saturated carbocycles. The molecule has 0 atom stereocenters. The lowest BCUT2D eigenvalue weighted by Gasteiger charge is -2.41. The van der Waals surface area contributed by atoms with Crippen molar-refractivity contribution in [2.24, 2.45) is 0 Å². The fourth-order valence-electron chi connectivity index (χ4n) is 2.94. The van der Waals surface area contributed by atoms with Crippen molar-refractivity contribution in [2.45, 2.75) is 37.6 Å². The van der Waals surface area contributed by atoms with E-state index >= 15 is 0 Å². The second-order valence-electron chi connectivity index (χ2n) is 5.44. The summed E-state index contributed by atoms with van der Waals surface area (Å²) in [5.74, 6) is -0.473. The maximum absolute atomic E-state index is 13.4. The first-order valence-electron chi connectivity index (χ1n) is 6.65. The molecule has 1 aliphatic rings. The van der Waals surface area contributed by atoms with Crippen molar-refractivity contribution in [3.63, 3.8) is 0 Å². The van der Waals surface area contributed by atoms with Gasteiger partial charge in [0.05, 0.1) is 10.6 Å². The fraction of sp³-hybridized carbons (Fsp3) is 0.533. The molecule has 0 bridgehead atoms. The zero-order valence-electron chi connectivity index (χ0n) is 11.4. The summed E-state index contributed by atoms with van der Waals surface area (Å²) >= 11 is 6.07. The van der Waals surface area contributed by atoms with Crippen LogP contribution in [0, 0.1) is 5.82 Å². The third-order valence-corrected chi connectivity index (χ3v) is 4.46. The van der Waals surface area contributed by atoms with E-state index in [0.29, 0.717) is 10.6 Å². The molecule has 0 saturated heterocycles. The number of hydrogen-bond donors (Lipinski definition) is 0. The molecule has 2 rings (SSSR count). The third-order valence-electron chi connectivity index (χ3n) is 4.13. The van der Waals surface area contributed by atoms with Crippen LogP contribution < -0.4 is 0 Å². The molecule has 0 aromatic heterocycles. The van der Waals surface area contributed by atoms with E-state index in [2.05, 4.69) is 0 Å². The van der Waals surface area contributed by atoms with Gasteiger partial charge in [0.15, 0.2) is 5.78 Å². The highest BCUT2D eigenvalue weighted by atomic mass is 35.5. The minimum absolute atomic E-state index is 0.0540. The Morgan fingerprint density at radius 3 is 2.47 bits per heavy atom. The largest absolute Gasteiger partial charge is 0.297 e. The van der Waals surface area contributed by atoms with Gasteiger partial charge in [-0.3, -0.25) is 9.69 Å². The molecular weight excluding hydrogens is 265 g/mol. The van der Waals surface area contributed by atoms with Crippen molar-refractivity contribution in [3.8, 4) is 0 Å². The number of nitrogens with zero attached hydrogens (tertiary/aromatic N) is 1. The summed E-state index contributed by atoms with van der Waals surface area (Å²) in [5, 5.41) is 0.332. The predicted octanol–water partition coefficient (Wildman–Crippen LogP) is 3.93. The van der Waals surface area contributed by atoms with Gasteiger partial charge in [-0.15, -0.1) is 0 Å². The standard InChI is InChI=1S/C15H19ClFNO/c1-18(2)15(8-4-3-5-9-15)14(19)12-10-11(17)6-7-13(12)16/h6-7,10H,3-5,8-9H2,1-2H3. The van der Waals surface area contributed by atoms with Crippen LogP contribution in [-0.4, -0.2) is 30.3 Å². The van der Waals surface area contributed by atoms with Crippen molar-refractivity contribution >= 4 is 17.4 Å². The van der Waals surface area contributed by atoms with E-state index in [0.717, 1.165) is 32.1 Å². The van der Waals surface area contributed by atoms with Crippen LogP contribution in [0.2, 0.25) is 5.02 Å². The van der Waals surface area contributed by atoms with Crippen molar-refractivity contribution in [3.05, 3.63) is 34.6 Å². The van der Waals surface area contributed by atoms with Gasteiger partial charge in [0, 0.05) is 5.56 Å². The Balaban J connectivity index is 2.42. The second kappa shape index (κ2) is 5.59. The zero-order chi connectivity index (χ0) is 14.0. The maximum Gasteiger partial charge on any atom is 0.184 e. The van der Waals surface area contributed by atoms with E-state index in [9.17, 15) is 9.18 Å². The Hall–Kier alpha value is -0.930. The van der Waals surface area contributed by atoms with Crippen LogP contribution in [-0.2, 0) is 0 Å². The van der Waals surface area contributed by atoms with Crippen LogP contribution in [0.5, 0.6) is 0 Å². The minimum atomic E-state index is -0.532. The van der Waals surface area contributed by atoms with Crippen LogP contribution in [0.1, 0.15) is 42.5 Å². The predicted molar refractivity (Wildman–Crippen MR) is 75.2 cm³/mol. The van der Waals surface area contributed by atoms with Crippen LogP contribution in [0.4, 0.5) is 4.39 Å². The first-order valence-corrected chi connectivity index (χ1v) is 7.02. The summed E-state index contributed by atoms with van der Waals surface area (Å²) in [7, 11) is 3.83. The van der Waals surface area contributed by atoms with Crippen molar-refractivity contribution in [1.82, 2.24) is 4.90 Å². The molecule has 19 heavy (non-hydrogen) atoms. The Labute approximate surface area is 118 Å². The first-order chi connectivity index (χ1) is 8.97. The van der Waals surface area contributed by atoms with Crippen molar-refractivity contribution in [2.75, 3.05) is 14.1 Å². The minimum Gasteiger partial charge on any atom is -0.297 e. The van der Waals surface area contributed by atoms with Gasteiger partial charge >= 0.3 is 0 Å². The number of likely N-dealkylation sites (N-methyl/N-ethyl adjacent to an activating group) is 1. The number of benzene rings is 1. The number of hydrogen-bond acceptors (Lipinski definition) is 2. The summed E-state index contributed by atoms with van der Waals surface area (Å²) in [6.07, 6.45) is 4.82. The van der Waals surface area contributed by atoms with E-state index in [1.807, 2.05) is 19.0 Å². The molecule has 1 aromatic carbocycles. The third kappa shape index (κ3) is 2.67. The summed E-state index contributed by atoms with van der Waals surface area (Å²) in [4.78, 5) is 14.8.